The SMILES string of the molecule is Nc1sc(-c2ccccc2)nc1-c1ccc(Cl)cc1Cl. The molecule has 0 unspecified atom stereocenters. The van der Waals surface area contributed by atoms with Crippen molar-refractivity contribution in [1.82, 2.24) is 4.98 Å². The maximum Gasteiger partial charge on any atom is 0.126 e. The molecule has 100 valence electrons. The van der Waals surface area contributed by atoms with Gasteiger partial charge in [0, 0.05) is 16.1 Å². The Kier molecular flexibility index (Phi) is 3.66. The topological polar surface area (TPSA) is 38.9 Å². The van der Waals surface area contributed by atoms with Crippen molar-refractivity contribution in [2.45, 2.75) is 0 Å². The monoisotopic (exact) mass is 320 g/mol. The molecule has 5 heteroatoms. The highest BCUT2D eigenvalue weighted by molar-refractivity contribution is 7.19. The van der Waals surface area contributed by atoms with Crippen molar-refractivity contribution < 1.29 is 0 Å². The second kappa shape index (κ2) is 5.44. The number of anilines is 1. The molecule has 0 amide bonds. The molecule has 2 nitrogen and oxygen atoms in total. The molecule has 3 rings (SSSR count). The minimum absolute atomic E-state index is 0.550. The molecule has 1 heterocycles. The van der Waals surface area contributed by atoms with Crippen LogP contribution in [0, 0.1) is 0 Å². The Labute approximate surface area is 130 Å². The van der Waals surface area contributed by atoms with E-state index in [2.05, 4.69) is 4.98 Å². The number of thiazole rings is 1. The van der Waals surface area contributed by atoms with Crippen LogP contribution in [0.1, 0.15) is 0 Å². The number of aromatic nitrogens is 1. The highest BCUT2D eigenvalue weighted by Crippen LogP contribution is 2.39. The van der Waals surface area contributed by atoms with Gasteiger partial charge in [-0.1, -0.05) is 64.9 Å². The lowest BCUT2D eigenvalue weighted by molar-refractivity contribution is 1.40. The van der Waals surface area contributed by atoms with Gasteiger partial charge in [0.25, 0.3) is 0 Å². The van der Waals surface area contributed by atoms with Crippen molar-refractivity contribution >= 4 is 39.5 Å². The molecule has 0 spiro atoms. The zero-order valence-corrected chi connectivity index (χ0v) is 12.6. The van der Waals surface area contributed by atoms with E-state index in [0.29, 0.717) is 20.7 Å². The number of hydrogen-bond acceptors (Lipinski definition) is 3. The highest BCUT2D eigenvalue weighted by atomic mass is 35.5. The Bertz CT molecular complexity index is 754. The Morgan fingerprint density at radius 2 is 1.75 bits per heavy atom. The van der Waals surface area contributed by atoms with Crippen LogP contribution in [-0.2, 0) is 0 Å². The summed E-state index contributed by atoms with van der Waals surface area (Å²) < 4.78 is 0. The predicted molar refractivity (Wildman–Crippen MR) is 87.4 cm³/mol. The molecular formula is C15H10Cl2N2S. The molecule has 0 radical (unpaired) electrons. The lowest BCUT2D eigenvalue weighted by Crippen LogP contribution is -1.87. The molecule has 0 saturated carbocycles. The summed E-state index contributed by atoms with van der Waals surface area (Å²) in [5.74, 6) is 0. The van der Waals surface area contributed by atoms with Gasteiger partial charge < -0.3 is 5.73 Å². The molecule has 0 bridgehead atoms. The molecular weight excluding hydrogens is 311 g/mol. The van der Waals surface area contributed by atoms with Gasteiger partial charge in [-0.25, -0.2) is 4.98 Å². The van der Waals surface area contributed by atoms with Crippen LogP contribution in [0.15, 0.2) is 48.5 Å². The van der Waals surface area contributed by atoms with Crippen LogP contribution >= 0.6 is 34.5 Å². The third kappa shape index (κ3) is 2.52. The van der Waals surface area contributed by atoms with E-state index >= 15 is 0 Å². The first-order valence-corrected chi connectivity index (χ1v) is 7.49. The van der Waals surface area contributed by atoms with E-state index in [1.54, 1.807) is 12.1 Å². The van der Waals surface area contributed by atoms with Crippen LogP contribution in [-0.4, -0.2) is 4.98 Å². The number of halogens is 2. The van der Waals surface area contributed by atoms with Crippen molar-refractivity contribution in [3.8, 4) is 21.8 Å². The number of hydrogen-bond donors (Lipinski definition) is 1. The minimum Gasteiger partial charge on any atom is -0.389 e. The molecule has 1 aromatic heterocycles. The zero-order chi connectivity index (χ0) is 14.1. The number of nitrogen functional groups attached to an aromatic ring is 1. The van der Waals surface area contributed by atoms with Crippen molar-refractivity contribution in [3.63, 3.8) is 0 Å². The van der Waals surface area contributed by atoms with Crippen molar-refractivity contribution in [2.24, 2.45) is 0 Å². The fourth-order valence-corrected chi connectivity index (χ4v) is 3.26. The lowest BCUT2D eigenvalue weighted by Gasteiger charge is -2.02. The summed E-state index contributed by atoms with van der Waals surface area (Å²) in [7, 11) is 0. The van der Waals surface area contributed by atoms with Crippen LogP contribution in [0.4, 0.5) is 5.00 Å². The van der Waals surface area contributed by atoms with E-state index in [-0.39, 0.29) is 0 Å². The fraction of sp³-hybridized carbons (Fsp3) is 0. The Morgan fingerprint density at radius 1 is 1.00 bits per heavy atom. The number of rotatable bonds is 2. The number of nitrogens with zero attached hydrogens (tertiary/aromatic N) is 1. The first-order chi connectivity index (χ1) is 9.65. The van der Waals surface area contributed by atoms with Gasteiger partial charge in [-0.3, -0.25) is 0 Å². The first kappa shape index (κ1) is 13.4. The second-order valence-electron chi connectivity index (χ2n) is 4.22. The lowest BCUT2D eigenvalue weighted by atomic mass is 10.1. The maximum absolute atomic E-state index is 6.22. The summed E-state index contributed by atoms with van der Waals surface area (Å²) in [5, 5.41) is 2.67. The van der Waals surface area contributed by atoms with Gasteiger partial charge >= 0.3 is 0 Å². The largest absolute Gasteiger partial charge is 0.389 e. The first-order valence-electron chi connectivity index (χ1n) is 5.92. The Balaban J connectivity index is 2.10. The number of benzene rings is 2. The fourth-order valence-electron chi connectivity index (χ4n) is 1.91. The van der Waals surface area contributed by atoms with Gasteiger partial charge in [-0.15, -0.1) is 0 Å². The van der Waals surface area contributed by atoms with Crippen molar-refractivity contribution in [1.29, 1.82) is 0 Å². The molecule has 2 N–H and O–H groups in total. The summed E-state index contributed by atoms with van der Waals surface area (Å²) in [4.78, 5) is 4.61. The standard InChI is InChI=1S/C15H10Cl2N2S/c16-10-6-7-11(12(17)8-10)13-14(18)20-15(19-13)9-4-2-1-3-5-9/h1-8H,18H2. The molecule has 0 aliphatic rings. The van der Waals surface area contributed by atoms with Gasteiger partial charge in [-0.2, -0.15) is 0 Å². The van der Waals surface area contributed by atoms with Gasteiger partial charge in [0.2, 0.25) is 0 Å². The molecule has 20 heavy (non-hydrogen) atoms. The van der Waals surface area contributed by atoms with Gasteiger partial charge in [0.1, 0.15) is 15.7 Å². The summed E-state index contributed by atoms with van der Waals surface area (Å²) in [6, 6.07) is 15.2. The molecule has 0 aliphatic carbocycles. The third-order valence-corrected chi connectivity index (χ3v) is 4.34. The quantitative estimate of drug-likeness (QED) is 0.689. The van der Waals surface area contributed by atoms with Crippen molar-refractivity contribution in [3.05, 3.63) is 58.6 Å². The van der Waals surface area contributed by atoms with Gasteiger partial charge in [0.15, 0.2) is 0 Å². The molecule has 0 aliphatic heterocycles. The van der Waals surface area contributed by atoms with E-state index < -0.39 is 0 Å². The second-order valence-corrected chi connectivity index (χ2v) is 6.10. The molecule has 0 saturated heterocycles. The third-order valence-electron chi connectivity index (χ3n) is 2.86. The normalized spacial score (nSPS) is 10.7. The Morgan fingerprint density at radius 3 is 2.45 bits per heavy atom. The van der Waals surface area contributed by atoms with E-state index in [1.165, 1.54) is 11.3 Å². The Hall–Kier alpha value is -1.55. The van der Waals surface area contributed by atoms with Crippen molar-refractivity contribution in [2.75, 3.05) is 5.73 Å². The van der Waals surface area contributed by atoms with E-state index in [0.717, 1.165) is 16.1 Å². The van der Waals surface area contributed by atoms with Gasteiger partial charge in [0.05, 0.1) is 5.02 Å². The van der Waals surface area contributed by atoms with Crippen LogP contribution in [0.5, 0.6) is 0 Å². The molecule has 2 aromatic carbocycles. The number of nitrogens with two attached hydrogens (primary N) is 1. The van der Waals surface area contributed by atoms with E-state index in [4.69, 9.17) is 28.9 Å². The molecule has 0 fully saturated rings. The summed E-state index contributed by atoms with van der Waals surface area (Å²) in [6.07, 6.45) is 0. The summed E-state index contributed by atoms with van der Waals surface area (Å²) >= 11 is 13.6. The van der Waals surface area contributed by atoms with Gasteiger partial charge in [-0.05, 0) is 18.2 Å². The smallest absolute Gasteiger partial charge is 0.126 e. The van der Waals surface area contributed by atoms with E-state index in [9.17, 15) is 0 Å². The van der Waals surface area contributed by atoms with Crippen LogP contribution < -0.4 is 5.73 Å². The zero-order valence-electron chi connectivity index (χ0n) is 10.3. The highest BCUT2D eigenvalue weighted by Gasteiger charge is 2.14. The van der Waals surface area contributed by atoms with Crippen LogP contribution in [0.2, 0.25) is 10.0 Å². The summed E-state index contributed by atoms with van der Waals surface area (Å²) in [5.41, 5.74) is 8.63. The average Bonchev–Trinajstić information content (AvgIpc) is 2.82. The predicted octanol–water partition coefficient (Wildman–Crippen LogP) is 5.37. The summed E-state index contributed by atoms with van der Waals surface area (Å²) in [6.45, 7) is 0. The minimum atomic E-state index is 0.550. The molecule has 0 atom stereocenters. The maximum atomic E-state index is 6.22. The van der Waals surface area contributed by atoms with Crippen LogP contribution in [0.3, 0.4) is 0 Å². The van der Waals surface area contributed by atoms with E-state index in [1.807, 2.05) is 36.4 Å². The van der Waals surface area contributed by atoms with Crippen LogP contribution in [0.25, 0.3) is 21.8 Å². The molecule has 3 aromatic rings. The average molecular weight is 321 g/mol.